The number of nitrogens with zero attached hydrogens (tertiary/aromatic N) is 1. The molecule has 0 aliphatic carbocycles. The molecule has 2 aromatic rings. The van der Waals surface area contributed by atoms with Gasteiger partial charge in [-0.05, 0) is 29.5 Å². The van der Waals surface area contributed by atoms with Gasteiger partial charge >= 0.3 is 5.97 Å². The molecule has 1 aromatic heterocycles. The molecule has 0 saturated heterocycles. The number of ether oxygens (including phenoxy) is 1. The molecule has 0 spiro atoms. The SMILES string of the molecule is CC(C)c1cc2ccc(OCC(=O)O)cc2cn1. The van der Waals surface area contributed by atoms with Crippen molar-refractivity contribution < 1.29 is 14.6 Å². The number of rotatable bonds is 4. The van der Waals surface area contributed by atoms with Gasteiger partial charge in [-0.15, -0.1) is 0 Å². The van der Waals surface area contributed by atoms with E-state index < -0.39 is 5.97 Å². The molecular weight excluding hydrogens is 230 g/mol. The fourth-order valence-corrected chi connectivity index (χ4v) is 1.69. The van der Waals surface area contributed by atoms with Gasteiger partial charge in [0.1, 0.15) is 5.75 Å². The summed E-state index contributed by atoms with van der Waals surface area (Å²) >= 11 is 0. The second-order valence-electron chi connectivity index (χ2n) is 4.46. The van der Waals surface area contributed by atoms with E-state index in [4.69, 9.17) is 9.84 Å². The van der Waals surface area contributed by atoms with Gasteiger partial charge in [-0.25, -0.2) is 4.79 Å². The van der Waals surface area contributed by atoms with Gasteiger partial charge in [-0.3, -0.25) is 4.98 Å². The quantitative estimate of drug-likeness (QED) is 0.899. The zero-order chi connectivity index (χ0) is 13.1. The van der Waals surface area contributed by atoms with Crippen LogP contribution in [0.1, 0.15) is 25.5 Å². The van der Waals surface area contributed by atoms with Crippen LogP contribution in [0.5, 0.6) is 5.75 Å². The molecule has 1 heterocycles. The summed E-state index contributed by atoms with van der Waals surface area (Å²) in [5, 5.41) is 10.6. The number of fused-ring (bicyclic) bond motifs is 1. The average Bonchev–Trinajstić information content (AvgIpc) is 2.35. The predicted molar refractivity (Wildman–Crippen MR) is 69.0 cm³/mol. The van der Waals surface area contributed by atoms with E-state index in [9.17, 15) is 4.79 Å². The van der Waals surface area contributed by atoms with Crippen LogP contribution in [0.4, 0.5) is 0 Å². The molecule has 94 valence electrons. The Bertz CT molecular complexity index is 578. The Kier molecular flexibility index (Phi) is 3.46. The lowest BCUT2D eigenvalue weighted by atomic mass is 10.1. The minimum Gasteiger partial charge on any atom is -0.482 e. The van der Waals surface area contributed by atoms with Crippen molar-refractivity contribution in [2.45, 2.75) is 19.8 Å². The smallest absolute Gasteiger partial charge is 0.341 e. The first-order valence-electron chi connectivity index (χ1n) is 5.80. The van der Waals surface area contributed by atoms with Crippen LogP contribution in [-0.2, 0) is 4.79 Å². The minimum absolute atomic E-state index is 0.330. The summed E-state index contributed by atoms with van der Waals surface area (Å²) in [6.45, 7) is 3.86. The molecule has 0 bridgehead atoms. The van der Waals surface area contributed by atoms with Crippen molar-refractivity contribution in [3.8, 4) is 5.75 Å². The van der Waals surface area contributed by atoms with Gasteiger partial charge < -0.3 is 9.84 Å². The molecule has 1 N–H and O–H groups in total. The number of benzene rings is 1. The summed E-state index contributed by atoms with van der Waals surface area (Å²) in [5.41, 5.74) is 1.04. The second-order valence-corrected chi connectivity index (χ2v) is 4.46. The summed E-state index contributed by atoms with van der Waals surface area (Å²) in [6.07, 6.45) is 1.79. The van der Waals surface area contributed by atoms with E-state index in [1.165, 1.54) is 0 Å². The van der Waals surface area contributed by atoms with Gasteiger partial charge in [-0.2, -0.15) is 0 Å². The summed E-state index contributed by atoms with van der Waals surface area (Å²) < 4.78 is 5.13. The van der Waals surface area contributed by atoms with Crippen LogP contribution in [0.2, 0.25) is 0 Å². The normalized spacial score (nSPS) is 10.8. The number of hydrogen-bond donors (Lipinski definition) is 1. The molecule has 2 rings (SSSR count). The molecule has 0 fully saturated rings. The van der Waals surface area contributed by atoms with Crippen molar-refractivity contribution in [3.63, 3.8) is 0 Å². The highest BCUT2D eigenvalue weighted by Gasteiger charge is 2.04. The van der Waals surface area contributed by atoms with E-state index in [0.717, 1.165) is 16.5 Å². The van der Waals surface area contributed by atoms with Crippen LogP contribution in [-0.4, -0.2) is 22.7 Å². The molecule has 0 atom stereocenters. The standard InChI is InChI=1S/C14H15NO3/c1-9(2)13-6-10-3-4-12(18-8-14(16)17)5-11(10)7-15-13/h3-7,9H,8H2,1-2H3,(H,16,17). The Morgan fingerprint density at radius 1 is 1.33 bits per heavy atom. The second kappa shape index (κ2) is 5.04. The Morgan fingerprint density at radius 2 is 2.11 bits per heavy atom. The molecule has 0 aliphatic heterocycles. The maximum absolute atomic E-state index is 10.4. The van der Waals surface area contributed by atoms with Crippen LogP contribution in [0.3, 0.4) is 0 Å². The third kappa shape index (κ3) is 2.77. The van der Waals surface area contributed by atoms with E-state index in [-0.39, 0.29) is 6.61 Å². The first kappa shape index (κ1) is 12.4. The van der Waals surface area contributed by atoms with E-state index >= 15 is 0 Å². The lowest BCUT2D eigenvalue weighted by Gasteiger charge is -2.07. The molecule has 4 heteroatoms. The van der Waals surface area contributed by atoms with Crippen LogP contribution < -0.4 is 4.74 Å². The van der Waals surface area contributed by atoms with Crippen molar-refractivity contribution in [1.82, 2.24) is 4.98 Å². The maximum Gasteiger partial charge on any atom is 0.341 e. The molecule has 0 unspecified atom stereocenters. The predicted octanol–water partition coefficient (Wildman–Crippen LogP) is 2.82. The van der Waals surface area contributed by atoms with Crippen molar-refractivity contribution >= 4 is 16.7 Å². The Balaban J connectivity index is 2.29. The molecule has 0 radical (unpaired) electrons. The number of pyridine rings is 1. The number of aliphatic carboxylic acids is 1. The van der Waals surface area contributed by atoms with Crippen molar-refractivity contribution in [3.05, 3.63) is 36.2 Å². The largest absolute Gasteiger partial charge is 0.482 e. The highest BCUT2D eigenvalue weighted by Crippen LogP contribution is 2.23. The first-order chi connectivity index (χ1) is 8.56. The van der Waals surface area contributed by atoms with Gasteiger partial charge in [0.25, 0.3) is 0 Å². The van der Waals surface area contributed by atoms with E-state index in [1.54, 1.807) is 18.3 Å². The summed E-state index contributed by atoms with van der Waals surface area (Å²) in [6, 6.07) is 7.53. The third-order valence-corrected chi connectivity index (χ3v) is 2.67. The fourth-order valence-electron chi connectivity index (χ4n) is 1.69. The van der Waals surface area contributed by atoms with Gasteiger partial charge in [0.05, 0.1) is 0 Å². The molecule has 0 amide bonds. The highest BCUT2D eigenvalue weighted by atomic mass is 16.5. The topological polar surface area (TPSA) is 59.4 Å². The van der Waals surface area contributed by atoms with Crippen LogP contribution in [0.25, 0.3) is 10.8 Å². The van der Waals surface area contributed by atoms with Crippen LogP contribution in [0.15, 0.2) is 30.5 Å². The number of carboxylic acids is 1. The van der Waals surface area contributed by atoms with Crippen molar-refractivity contribution in [2.24, 2.45) is 0 Å². The van der Waals surface area contributed by atoms with E-state index in [0.29, 0.717) is 11.7 Å². The van der Waals surface area contributed by atoms with Gasteiger partial charge in [0.15, 0.2) is 6.61 Å². The molecule has 4 nitrogen and oxygen atoms in total. The molecule has 18 heavy (non-hydrogen) atoms. The lowest BCUT2D eigenvalue weighted by Crippen LogP contribution is -2.09. The Labute approximate surface area is 105 Å². The van der Waals surface area contributed by atoms with Crippen LogP contribution >= 0.6 is 0 Å². The van der Waals surface area contributed by atoms with E-state index in [2.05, 4.69) is 18.8 Å². The molecule has 1 aromatic carbocycles. The summed E-state index contributed by atoms with van der Waals surface area (Å²) in [5.74, 6) is -0.0512. The maximum atomic E-state index is 10.4. The monoisotopic (exact) mass is 245 g/mol. The van der Waals surface area contributed by atoms with Gasteiger partial charge in [0.2, 0.25) is 0 Å². The van der Waals surface area contributed by atoms with Crippen molar-refractivity contribution in [1.29, 1.82) is 0 Å². The molecular formula is C14H15NO3. The Hall–Kier alpha value is -2.10. The first-order valence-corrected chi connectivity index (χ1v) is 5.80. The third-order valence-electron chi connectivity index (χ3n) is 2.67. The Morgan fingerprint density at radius 3 is 2.78 bits per heavy atom. The van der Waals surface area contributed by atoms with Gasteiger partial charge in [0, 0.05) is 17.3 Å². The fraction of sp³-hybridized carbons (Fsp3) is 0.286. The number of carboxylic acid groups (broad SMARTS) is 1. The molecule has 0 aliphatic rings. The minimum atomic E-state index is -0.983. The highest BCUT2D eigenvalue weighted by molar-refractivity contribution is 5.83. The summed E-state index contributed by atoms with van der Waals surface area (Å²) in [7, 11) is 0. The average molecular weight is 245 g/mol. The number of aromatic nitrogens is 1. The number of carbonyl (C=O) groups is 1. The van der Waals surface area contributed by atoms with Gasteiger partial charge in [-0.1, -0.05) is 19.9 Å². The summed E-state index contributed by atoms with van der Waals surface area (Å²) in [4.78, 5) is 14.8. The zero-order valence-electron chi connectivity index (χ0n) is 10.4. The number of hydrogen-bond acceptors (Lipinski definition) is 3. The van der Waals surface area contributed by atoms with E-state index in [1.807, 2.05) is 12.1 Å². The van der Waals surface area contributed by atoms with Crippen LogP contribution in [0, 0.1) is 0 Å². The zero-order valence-corrected chi connectivity index (χ0v) is 10.4. The molecule has 0 saturated carbocycles. The lowest BCUT2D eigenvalue weighted by molar-refractivity contribution is -0.139. The van der Waals surface area contributed by atoms with Crippen molar-refractivity contribution in [2.75, 3.05) is 6.61 Å².